The van der Waals surface area contributed by atoms with Crippen LogP contribution in [0.15, 0.2) is 24.3 Å². The van der Waals surface area contributed by atoms with Crippen molar-refractivity contribution in [1.82, 2.24) is 4.98 Å². The summed E-state index contributed by atoms with van der Waals surface area (Å²) < 4.78 is 13.7. The molecule has 0 bridgehead atoms. The summed E-state index contributed by atoms with van der Waals surface area (Å²) in [6.07, 6.45) is 1.84. The van der Waals surface area contributed by atoms with Crippen molar-refractivity contribution >= 4 is 16.5 Å². The van der Waals surface area contributed by atoms with Gasteiger partial charge in [-0.05, 0) is 24.5 Å². The van der Waals surface area contributed by atoms with Gasteiger partial charge in [-0.2, -0.15) is 0 Å². The molecule has 4 heteroatoms. The van der Waals surface area contributed by atoms with Crippen LogP contribution in [0.4, 0.5) is 9.52 Å². The molecule has 0 saturated carbocycles. The van der Waals surface area contributed by atoms with Crippen LogP contribution in [0.3, 0.4) is 0 Å². The van der Waals surface area contributed by atoms with E-state index in [-0.39, 0.29) is 11.7 Å². The number of benzene rings is 1. The Balaban J connectivity index is 2.07. The minimum Gasteiger partial charge on any atom is -0.375 e. The lowest BCUT2D eigenvalue weighted by atomic mass is 9.98. The van der Waals surface area contributed by atoms with Crippen LogP contribution in [0.5, 0.6) is 0 Å². The lowest BCUT2D eigenvalue weighted by molar-refractivity contribution is 0.596. The molecule has 1 aromatic carbocycles. The Morgan fingerprint density at radius 3 is 3.00 bits per heavy atom. The third-order valence-electron chi connectivity index (χ3n) is 3.01. The third kappa shape index (κ3) is 1.41. The summed E-state index contributed by atoms with van der Waals surface area (Å²) >= 11 is 1.49. The molecule has 1 aliphatic carbocycles. The van der Waals surface area contributed by atoms with E-state index in [2.05, 4.69) is 4.98 Å². The van der Waals surface area contributed by atoms with Crippen LogP contribution in [-0.2, 0) is 6.42 Å². The number of nitrogen functional groups attached to an aromatic ring is 1. The van der Waals surface area contributed by atoms with E-state index >= 15 is 0 Å². The lowest BCUT2D eigenvalue weighted by Gasteiger charge is -2.10. The largest absolute Gasteiger partial charge is 0.375 e. The van der Waals surface area contributed by atoms with E-state index in [9.17, 15) is 4.39 Å². The minimum absolute atomic E-state index is 0.132. The second kappa shape index (κ2) is 3.56. The fourth-order valence-corrected chi connectivity index (χ4v) is 3.33. The van der Waals surface area contributed by atoms with Gasteiger partial charge in [0, 0.05) is 10.8 Å². The van der Waals surface area contributed by atoms with Gasteiger partial charge in [-0.25, -0.2) is 9.37 Å². The molecule has 0 amide bonds. The SMILES string of the molecule is Nc1nc2c(s1)C(c1ccccc1F)CC2. The zero-order valence-corrected chi connectivity index (χ0v) is 9.43. The standard InChI is InChI=1S/C12H11FN2S/c13-9-4-2-1-3-7(9)8-5-6-10-11(8)16-12(14)15-10/h1-4,8H,5-6H2,(H2,14,15). The van der Waals surface area contributed by atoms with Crippen molar-refractivity contribution in [3.05, 3.63) is 46.2 Å². The maximum absolute atomic E-state index is 13.7. The van der Waals surface area contributed by atoms with E-state index in [1.807, 2.05) is 12.1 Å². The van der Waals surface area contributed by atoms with Gasteiger partial charge in [-0.3, -0.25) is 0 Å². The maximum Gasteiger partial charge on any atom is 0.180 e. The quantitative estimate of drug-likeness (QED) is 0.824. The molecule has 1 atom stereocenters. The van der Waals surface area contributed by atoms with Crippen LogP contribution in [0.25, 0.3) is 0 Å². The summed E-state index contributed by atoms with van der Waals surface area (Å²) in [5.74, 6) is 0.0123. The molecular formula is C12H11FN2S. The fraction of sp³-hybridized carbons (Fsp3) is 0.250. The monoisotopic (exact) mass is 234 g/mol. The van der Waals surface area contributed by atoms with Gasteiger partial charge in [0.05, 0.1) is 5.69 Å². The first kappa shape index (κ1) is 9.78. The molecule has 0 fully saturated rings. The summed E-state index contributed by atoms with van der Waals surface area (Å²) in [7, 11) is 0. The van der Waals surface area contributed by atoms with Gasteiger partial charge in [-0.1, -0.05) is 18.2 Å². The highest BCUT2D eigenvalue weighted by atomic mass is 32.1. The Kier molecular flexibility index (Phi) is 2.17. The Morgan fingerprint density at radius 1 is 1.38 bits per heavy atom. The Bertz CT molecular complexity index is 536. The van der Waals surface area contributed by atoms with Gasteiger partial charge >= 0.3 is 0 Å². The number of aromatic nitrogens is 1. The maximum atomic E-state index is 13.7. The molecular weight excluding hydrogens is 223 g/mol. The first-order chi connectivity index (χ1) is 7.75. The summed E-state index contributed by atoms with van der Waals surface area (Å²) in [5, 5.41) is 0.589. The van der Waals surface area contributed by atoms with Gasteiger partial charge in [0.2, 0.25) is 0 Å². The zero-order chi connectivity index (χ0) is 11.1. The highest BCUT2D eigenvalue weighted by Gasteiger charge is 2.29. The number of thiazole rings is 1. The molecule has 82 valence electrons. The van der Waals surface area contributed by atoms with E-state index < -0.39 is 0 Å². The van der Waals surface area contributed by atoms with Crippen LogP contribution in [0, 0.1) is 5.82 Å². The number of hydrogen-bond acceptors (Lipinski definition) is 3. The molecule has 0 saturated heterocycles. The van der Waals surface area contributed by atoms with Crippen molar-refractivity contribution in [3.63, 3.8) is 0 Å². The van der Waals surface area contributed by atoms with E-state index in [1.165, 1.54) is 17.4 Å². The third-order valence-corrected chi connectivity index (χ3v) is 4.05. The predicted octanol–water partition coefficient (Wildman–Crippen LogP) is 2.94. The van der Waals surface area contributed by atoms with E-state index in [0.717, 1.165) is 29.0 Å². The minimum atomic E-state index is -0.132. The number of fused-ring (bicyclic) bond motifs is 1. The topological polar surface area (TPSA) is 38.9 Å². The molecule has 1 aliphatic rings. The second-order valence-corrected chi connectivity index (χ2v) is 5.04. The van der Waals surface area contributed by atoms with E-state index in [4.69, 9.17) is 5.73 Å². The van der Waals surface area contributed by atoms with Gasteiger partial charge < -0.3 is 5.73 Å². The number of nitrogens with zero attached hydrogens (tertiary/aromatic N) is 1. The number of nitrogens with two attached hydrogens (primary N) is 1. The molecule has 2 aromatic rings. The van der Waals surface area contributed by atoms with Gasteiger partial charge in [0.15, 0.2) is 5.13 Å². The summed E-state index contributed by atoms with van der Waals surface area (Å²) in [5.41, 5.74) is 7.50. The highest BCUT2D eigenvalue weighted by molar-refractivity contribution is 7.15. The molecule has 0 spiro atoms. The second-order valence-electron chi connectivity index (χ2n) is 3.98. The molecule has 2 N–H and O–H groups in total. The fourth-order valence-electron chi connectivity index (χ4n) is 2.30. The van der Waals surface area contributed by atoms with Crippen LogP contribution in [0.1, 0.15) is 28.5 Å². The lowest BCUT2D eigenvalue weighted by Crippen LogP contribution is -1.97. The number of halogens is 1. The predicted molar refractivity (Wildman–Crippen MR) is 63.1 cm³/mol. The average Bonchev–Trinajstić information content (AvgIpc) is 2.78. The molecule has 16 heavy (non-hydrogen) atoms. The zero-order valence-electron chi connectivity index (χ0n) is 8.61. The smallest absolute Gasteiger partial charge is 0.180 e. The number of aryl methyl sites for hydroxylation is 1. The van der Waals surface area contributed by atoms with E-state index in [1.54, 1.807) is 6.07 Å². The average molecular weight is 234 g/mol. The highest BCUT2D eigenvalue weighted by Crippen LogP contribution is 2.42. The number of anilines is 1. The van der Waals surface area contributed by atoms with E-state index in [0.29, 0.717) is 5.13 Å². The van der Waals surface area contributed by atoms with Crippen LogP contribution in [-0.4, -0.2) is 4.98 Å². The summed E-state index contributed by atoms with van der Waals surface area (Å²) in [4.78, 5) is 5.41. The Morgan fingerprint density at radius 2 is 2.19 bits per heavy atom. The van der Waals surface area contributed by atoms with Crippen LogP contribution < -0.4 is 5.73 Å². The Labute approximate surface area is 96.9 Å². The Hall–Kier alpha value is -1.42. The van der Waals surface area contributed by atoms with Crippen LogP contribution in [0.2, 0.25) is 0 Å². The first-order valence-corrected chi connectivity index (χ1v) is 6.07. The first-order valence-electron chi connectivity index (χ1n) is 5.25. The number of rotatable bonds is 1. The van der Waals surface area contributed by atoms with Crippen LogP contribution >= 0.6 is 11.3 Å². The molecule has 1 unspecified atom stereocenters. The van der Waals surface area contributed by atoms with Crippen molar-refractivity contribution in [3.8, 4) is 0 Å². The van der Waals surface area contributed by atoms with Gasteiger partial charge in [0.1, 0.15) is 5.82 Å². The van der Waals surface area contributed by atoms with Crippen molar-refractivity contribution in [2.75, 3.05) is 5.73 Å². The molecule has 1 heterocycles. The normalized spacial score (nSPS) is 18.7. The molecule has 2 nitrogen and oxygen atoms in total. The molecule has 3 rings (SSSR count). The van der Waals surface area contributed by atoms with Gasteiger partial charge in [-0.15, -0.1) is 11.3 Å². The van der Waals surface area contributed by atoms with Crippen molar-refractivity contribution in [2.24, 2.45) is 0 Å². The van der Waals surface area contributed by atoms with Crippen molar-refractivity contribution in [2.45, 2.75) is 18.8 Å². The summed E-state index contributed by atoms with van der Waals surface area (Å²) in [6, 6.07) is 6.96. The molecule has 0 aliphatic heterocycles. The molecule has 0 radical (unpaired) electrons. The molecule has 1 aromatic heterocycles. The van der Waals surface area contributed by atoms with Crippen molar-refractivity contribution in [1.29, 1.82) is 0 Å². The van der Waals surface area contributed by atoms with Gasteiger partial charge in [0.25, 0.3) is 0 Å². The van der Waals surface area contributed by atoms with Crippen molar-refractivity contribution < 1.29 is 4.39 Å². The number of hydrogen-bond donors (Lipinski definition) is 1. The summed E-state index contributed by atoms with van der Waals surface area (Å²) in [6.45, 7) is 0.